The van der Waals surface area contributed by atoms with Crippen LogP contribution in [0.4, 0.5) is 5.69 Å². The van der Waals surface area contributed by atoms with Gasteiger partial charge in [-0.3, -0.25) is 0 Å². The summed E-state index contributed by atoms with van der Waals surface area (Å²) in [6.07, 6.45) is 2.65. The minimum Gasteiger partial charge on any atom is -0.370 e. The van der Waals surface area contributed by atoms with Gasteiger partial charge in [0.2, 0.25) is 0 Å². The lowest BCUT2D eigenvalue weighted by molar-refractivity contribution is 0.577. The quantitative estimate of drug-likeness (QED) is 0.797. The highest BCUT2D eigenvalue weighted by Crippen LogP contribution is 2.32. The Bertz CT molecular complexity index is 293. The first-order chi connectivity index (χ1) is 7.31. The van der Waals surface area contributed by atoms with Crippen LogP contribution in [-0.4, -0.2) is 19.1 Å². The molecule has 0 aliphatic heterocycles. The predicted molar refractivity (Wildman–Crippen MR) is 65.0 cm³/mol. The zero-order valence-electron chi connectivity index (χ0n) is 9.39. The van der Waals surface area contributed by atoms with Crippen molar-refractivity contribution in [3.05, 3.63) is 30.3 Å². The third-order valence-electron chi connectivity index (χ3n) is 3.16. The summed E-state index contributed by atoms with van der Waals surface area (Å²) < 4.78 is 0. The van der Waals surface area contributed by atoms with E-state index < -0.39 is 0 Å². The van der Waals surface area contributed by atoms with Crippen molar-refractivity contribution in [2.24, 2.45) is 11.7 Å². The fourth-order valence-corrected chi connectivity index (χ4v) is 1.98. The molecule has 0 aromatic heterocycles. The molecule has 0 saturated heterocycles. The second kappa shape index (κ2) is 4.67. The first-order valence-corrected chi connectivity index (χ1v) is 5.87. The van der Waals surface area contributed by atoms with Gasteiger partial charge in [0.15, 0.2) is 0 Å². The lowest BCUT2D eigenvalue weighted by Crippen LogP contribution is -2.38. The fraction of sp³-hybridized carbons (Fsp3) is 0.538. The van der Waals surface area contributed by atoms with Gasteiger partial charge >= 0.3 is 0 Å². The molecule has 1 aromatic rings. The number of nitrogens with zero attached hydrogens (tertiary/aromatic N) is 1. The van der Waals surface area contributed by atoms with Crippen molar-refractivity contribution in [3.8, 4) is 0 Å². The molecule has 2 rings (SSSR count). The number of benzene rings is 1. The molecule has 1 aliphatic rings. The lowest BCUT2D eigenvalue weighted by Gasteiger charge is -2.26. The summed E-state index contributed by atoms with van der Waals surface area (Å²) in [4.78, 5) is 2.36. The van der Waals surface area contributed by atoms with E-state index in [1.807, 2.05) is 0 Å². The van der Waals surface area contributed by atoms with Crippen LogP contribution in [0.15, 0.2) is 30.3 Å². The van der Waals surface area contributed by atoms with Crippen LogP contribution in [0.1, 0.15) is 19.8 Å². The highest BCUT2D eigenvalue weighted by Gasteiger charge is 2.29. The van der Waals surface area contributed by atoms with E-state index in [0.29, 0.717) is 6.04 Å². The van der Waals surface area contributed by atoms with Crippen molar-refractivity contribution >= 4 is 5.69 Å². The van der Waals surface area contributed by atoms with E-state index in [2.05, 4.69) is 42.2 Å². The minimum atomic E-state index is 0.352. The molecule has 0 radical (unpaired) electrons. The monoisotopic (exact) mass is 204 g/mol. The van der Waals surface area contributed by atoms with Gasteiger partial charge in [0.1, 0.15) is 0 Å². The molecule has 1 atom stereocenters. The Hall–Kier alpha value is -1.02. The predicted octanol–water partition coefficient (Wildman–Crippen LogP) is 2.25. The Morgan fingerprint density at radius 1 is 1.33 bits per heavy atom. The normalized spacial score (nSPS) is 17.5. The average molecular weight is 204 g/mol. The molecule has 0 spiro atoms. The fourth-order valence-electron chi connectivity index (χ4n) is 1.98. The van der Waals surface area contributed by atoms with Crippen LogP contribution >= 0.6 is 0 Å². The van der Waals surface area contributed by atoms with Crippen LogP contribution in [0.3, 0.4) is 0 Å². The molecule has 15 heavy (non-hydrogen) atoms. The van der Waals surface area contributed by atoms with Crippen LogP contribution in [0, 0.1) is 5.92 Å². The Kier molecular flexibility index (Phi) is 3.27. The SMILES string of the molecule is CCN(C[C@@H](N)C1CC1)c1ccccc1. The standard InChI is InChI=1S/C13H20N2/c1-2-15(10-13(14)11-8-9-11)12-6-4-3-5-7-12/h3-7,11,13H,2,8-10,14H2,1H3/t13-/m1/s1. The van der Waals surface area contributed by atoms with E-state index in [9.17, 15) is 0 Å². The molecule has 2 nitrogen and oxygen atoms in total. The number of nitrogens with two attached hydrogens (primary N) is 1. The summed E-state index contributed by atoms with van der Waals surface area (Å²) in [5.74, 6) is 0.780. The van der Waals surface area contributed by atoms with Crippen molar-refractivity contribution in [2.75, 3.05) is 18.0 Å². The molecule has 1 fully saturated rings. The maximum atomic E-state index is 6.15. The zero-order valence-corrected chi connectivity index (χ0v) is 9.39. The first-order valence-electron chi connectivity index (χ1n) is 5.87. The van der Waals surface area contributed by atoms with E-state index in [1.165, 1.54) is 18.5 Å². The van der Waals surface area contributed by atoms with Crippen LogP contribution < -0.4 is 10.6 Å². The molecule has 1 saturated carbocycles. The second-order valence-corrected chi connectivity index (χ2v) is 4.38. The van der Waals surface area contributed by atoms with E-state index in [-0.39, 0.29) is 0 Å². The summed E-state index contributed by atoms with van der Waals surface area (Å²) in [5.41, 5.74) is 7.44. The van der Waals surface area contributed by atoms with E-state index in [0.717, 1.165) is 19.0 Å². The van der Waals surface area contributed by atoms with Gasteiger partial charge in [0, 0.05) is 24.8 Å². The van der Waals surface area contributed by atoms with Crippen LogP contribution in [0.25, 0.3) is 0 Å². The summed E-state index contributed by atoms with van der Waals surface area (Å²) in [6.45, 7) is 4.21. The second-order valence-electron chi connectivity index (χ2n) is 4.38. The van der Waals surface area contributed by atoms with Crippen LogP contribution in [-0.2, 0) is 0 Å². The van der Waals surface area contributed by atoms with E-state index in [1.54, 1.807) is 0 Å². The molecule has 1 aliphatic carbocycles. The molecule has 1 aromatic carbocycles. The number of rotatable bonds is 5. The summed E-state index contributed by atoms with van der Waals surface area (Å²) >= 11 is 0. The lowest BCUT2D eigenvalue weighted by atomic mass is 10.1. The Labute approximate surface area is 92.1 Å². The topological polar surface area (TPSA) is 29.3 Å². The highest BCUT2D eigenvalue weighted by molar-refractivity contribution is 5.46. The molecule has 2 heteroatoms. The molecule has 0 heterocycles. The van der Waals surface area contributed by atoms with Crippen LogP contribution in [0.2, 0.25) is 0 Å². The number of likely N-dealkylation sites (N-methyl/N-ethyl adjacent to an activating group) is 1. The van der Waals surface area contributed by atoms with Gasteiger partial charge < -0.3 is 10.6 Å². The molecule has 0 amide bonds. The minimum absolute atomic E-state index is 0.352. The molecule has 82 valence electrons. The van der Waals surface area contributed by atoms with Gasteiger partial charge in [0.25, 0.3) is 0 Å². The van der Waals surface area contributed by atoms with E-state index >= 15 is 0 Å². The Morgan fingerprint density at radius 2 is 2.00 bits per heavy atom. The van der Waals surface area contributed by atoms with Gasteiger partial charge in [-0.1, -0.05) is 18.2 Å². The van der Waals surface area contributed by atoms with Crippen LogP contribution in [0.5, 0.6) is 0 Å². The van der Waals surface area contributed by atoms with Gasteiger partial charge in [-0.15, -0.1) is 0 Å². The first kappa shape index (κ1) is 10.5. The number of hydrogen-bond donors (Lipinski definition) is 1. The molecular weight excluding hydrogens is 184 g/mol. The van der Waals surface area contributed by atoms with Gasteiger partial charge in [-0.05, 0) is 37.8 Å². The molecule has 0 bridgehead atoms. The molecule has 2 N–H and O–H groups in total. The van der Waals surface area contributed by atoms with Gasteiger partial charge in [0.05, 0.1) is 0 Å². The maximum absolute atomic E-state index is 6.15. The van der Waals surface area contributed by atoms with Gasteiger partial charge in [-0.2, -0.15) is 0 Å². The number of hydrogen-bond acceptors (Lipinski definition) is 2. The maximum Gasteiger partial charge on any atom is 0.0366 e. The summed E-state index contributed by atoms with van der Waals surface area (Å²) in [7, 11) is 0. The van der Waals surface area contributed by atoms with E-state index in [4.69, 9.17) is 5.73 Å². The Morgan fingerprint density at radius 3 is 2.53 bits per heavy atom. The Balaban J connectivity index is 1.97. The molecular formula is C13H20N2. The third-order valence-corrected chi connectivity index (χ3v) is 3.16. The van der Waals surface area contributed by atoms with Crippen molar-refractivity contribution in [1.29, 1.82) is 0 Å². The zero-order chi connectivity index (χ0) is 10.7. The summed E-state index contributed by atoms with van der Waals surface area (Å²) in [6, 6.07) is 10.9. The smallest absolute Gasteiger partial charge is 0.0366 e. The van der Waals surface area contributed by atoms with Gasteiger partial charge in [-0.25, -0.2) is 0 Å². The van der Waals surface area contributed by atoms with Crippen molar-refractivity contribution in [2.45, 2.75) is 25.8 Å². The van der Waals surface area contributed by atoms with Crippen molar-refractivity contribution < 1.29 is 0 Å². The number of anilines is 1. The highest BCUT2D eigenvalue weighted by atomic mass is 15.1. The van der Waals surface area contributed by atoms with Crippen molar-refractivity contribution in [3.63, 3.8) is 0 Å². The summed E-state index contributed by atoms with van der Waals surface area (Å²) in [5, 5.41) is 0. The largest absolute Gasteiger partial charge is 0.370 e. The average Bonchev–Trinajstić information content (AvgIpc) is 3.10. The van der Waals surface area contributed by atoms with Crippen molar-refractivity contribution in [1.82, 2.24) is 0 Å². The third kappa shape index (κ3) is 2.72. The molecule has 0 unspecified atom stereocenters. The number of para-hydroxylation sites is 1.